The van der Waals surface area contributed by atoms with E-state index in [1.807, 2.05) is 13.8 Å². The number of carbonyl (C=O) groups is 1. The number of carbonyl (C=O) groups excluding carboxylic acids is 1. The first-order chi connectivity index (χ1) is 14.1. The summed E-state index contributed by atoms with van der Waals surface area (Å²) in [6.45, 7) is 5.47. The van der Waals surface area contributed by atoms with Crippen LogP contribution in [0.25, 0.3) is 0 Å². The lowest BCUT2D eigenvalue weighted by Gasteiger charge is -2.29. The Labute approximate surface area is 180 Å². The lowest BCUT2D eigenvalue weighted by atomic mass is 10.1. The van der Waals surface area contributed by atoms with E-state index < -0.39 is 15.0 Å². The van der Waals surface area contributed by atoms with Gasteiger partial charge in [0.1, 0.15) is 5.75 Å². The van der Waals surface area contributed by atoms with E-state index in [1.54, 1.807) is 23.1 Å². The molecule has 0 fully saturated rings. The van der Waals surface area contributed by atoms with Crippen LogP contribution in [0, 0.1) is 10.1 Å². The van der Waals surface area contributed by atoms with Crippen molar-refractivity contribution >= 4 is 33.3 Å². The van der Waals surface area contributed by atoms with Crippen LogP contribution in [-0.2, 0) is 16.7 Å². The first-order valence-electron chi connectivity index (χ1n) is 9.34. The first-order valence-corrected chi connectivity index (χ1v) is 11.3. The van der Waals surface area contributed by atoms with E-state index in [9.17, 15) is 23.3 Å². The van der Waals surface area contributed by atoms with Crippen LogP contribution in [0.1, 0.15) is 43.1 Å². The Kier molecular flexibility index (Phi) is 7.80. The van der Waals surface area contributed by atoms with E-state index in [0.717, 1.165) is 6.07 Å². The maximum absolute atomic E-state index is 13.2. The molecule has 1 atom stereocenters. The molecule has 0 saturated heterocycles. The van der Waals surface area contributed by atoms with Gasteiger partial charge >= 0.3 is 10.1 Å². The second kappa shape index (κ2) is 9.90. The number of nitro groups is 1. The van der Waals surface area contributed by atoms with Crippen molar-refractivity contribution in [3.63, 3.8) is 0 Å². The van der Waals surface area contributed by atoms with Crippen molar-refractivity contribution in [3.05, 3.63) is 68.7 Å². The van der Waals surface area contributed by atoms with Gasteiger partial charge in [0.25, 0.3) is 11.6 Å². The van der Waals surface area contributed by atoms with Gasteiger partial charge in [0, 0.05) is 24.7 Å². The quantitative estimate of drug-likeness (QED) is 0.315. The van der Waals surface area contributed by atoms with Gasteiger partial charge in [0.2, 0.25) is 0 Å². The highest BCUT2D eigenvalue weighted by atomic mass is 35.5. The van der Waals surface area contributed by atoms with Crippen molar-refractivity contribution in [1.29, 1.82) is 0 Å². The van der Waals surface area contributed by atoms with E-state index in [0.29, 0.717) is 12.0 Å². The summed E-state index contributed by atoms with van der Waals surface area (Å²) in [6, 6.07) is 10.1. The molecule has 1 unspecified atom stereocenters. The fourth-order valence-electron chi connectivity index (χ4n) is 2.69. The van der Waals surface area contributed by atoms with Crippen molar-refractivity contribution in [3.8, 4) is 5.75 Å². The van der Waals surface area contributed by atoms with Crippen LogP contribution in [0.2, 0.25) is 5.02 Å². The molecule has 0 spiro atoms. The number of nitrogens with zero attached hydrogens (tertiary/aromatic N) is 2. The van der Waals surface area contributed by atoms with Crippen LogP contribution in [0.3, 0.4) is 0 Å². The van der Waals surface area contributed by atoms with Crippen LogP contribution >= 0.6 is 11.6 Å². The Balaban J connectivity index is 2.33. The molecule has 0 aliphatic carbocycles. The molecule has 0 N–H and O–H groups in total. The molecule has 162 valence electrons. The largest absolute Gasteiger partial charge is 0.382 e. The lowest BCUT2D eigenvalue weighted by Crippen LogP contribution is -2.38. The number of halogens is 1. The van der Waals surface area contributed by atoms with Crippen LogP contribution in [0.5, 0.6) is 5.75 Å². The minimum Gasteiger partial charge on any atom is -0.382 e. The van der Waals surface area contributed by atoms with Crippen molar-refractivity contribution < 1.29 is 22.3 Å². The number of non-ortho nitro benzene ring substituents is 1. The number of hydrogen-bond acceptors (Lipinski definition) is 6. The molecule has 0 saturated carbocycles. The highest BCUT2D eigenvalue weighted by Gasteiger charge is 2.24. The fourth-order valence-corrected chi connectivity index (χ4v) is 3.46. The van der Waals surface area contributed by atoms with Gasteiger partial charge in [-0.25, -0.2) is 0 Å². The number of nitro benzene ring substituents is 1. The molecular formula is C20H23ClN2O6S. The molecule has 1 amide bonds. The zero-order valence-electron chi connectivity index (χ0n) is 16.9. The van der Waals surface area contributed by atoms with Gasteiger partial charge in [-0.1, -0.05) is 30.7 Å². The summed E-state index contributed by atoms with van der Waals surface area (Å²) in [5.41, 5.74) is 0.627. The van der Waals surface area contributed by atoms with Gasteiger partial charge in [-0.15, -0.1) is 0 Å². The lowest BCUT2D eigenvalue weighted by molar-refractivity contribution is -0.384. The molecule has 0 heterocycles. The number of amides is 1. The summed E-state index contributed by atoms with van der Waals surface area (Å²) in [6.07, 6.45) is 0.663. The Bertz CT molecular complexity index is 1040. The maximum Gasteiger partial charge on any atom is 0.308 e. The van der Waals surface area contributed by atoms with E-state index in [-0.39, 0.29) is 46.3 Å². The van der Waals surface area contributed by atoms with E-state index in [4.69, 9.17) is 15.8 Å². The Hall–Kier alpha value is -2.65. The summed E-state index contributed by atoms with van der Waals surface area (Å²) in [5.74, 6) is -0.371. The smallest absolute Gasteiger partial charge is 0.308 e. The fraction of sp³-hybridized carbons (Fsp3) is 0.350. The summed E-state index contributed by atoms with van der Waals surface area (Å²) < 4.78 is 28.5. The first kappa shape index (κ1) is 23.6. The van der Waals surface area contributed by atoms with Crippen molar-refractivity contribution in [2.75, 3.05) is 5.75 Å². The molecule has 2 rings (SSSR count). The molecule has 2 aromatic carbocycles. The number of benzene rings is 2. The van der Waals surface area contributed by atoms with Crippen LogP contribution in [-0.4, -0.2) is 35.9 Å². The van der Waals surface area contributed by atoms with Crippen LogP contribution in [0.4, 0.5) is 5.69 Å². The van der Waals surface area contributed by atoms with Crippen LogP contribution in [0.15, 0.2) is 42.5 Å². The Morgan fingerprint density at radius 1 is 1.23 bits per heavy atom. The molecule has 0 bridgehead atoms. The normalized spacial score (nSPS) is 12.3. The van der Waals surface area contributed by atoms with Gasteiger partial charge in [-0.2, -0.15) is 8.42 Å². The average molecular weight is 455 g/mol. The topological polar surface area (TPSA) is 107 Å². The van der Waals surface area contributed by atoms with E-state index >= 15 is 0 Å². The molecule has 2 aromatic rings. The summed E-state index contributed by atoms with van der Waals surface area (Å²) in [4.78, 5) is 25.1. The van der Waals surface area contributed by atoms with Gasteiger partial charge < -0.3 is 9.08 Å². The molecule has 0 aromatic heterocycles. The van der Waals surface area contributed by atoms with Gasteiger partial charge in [0.15, 0.2) is 0 Å². The highest BCUT2D eigenvalue weighted by Crippen LogP contribution is 2.26. The van der Waals surface area contributed by atoms with Crippen LogP contribution < -0.4 is 4.18 Å². The van der Waals surface area contributed by atoms with E-state index in [2.05, 4.69) is 0 Å². The molecule has 8 nitrogen and oxygen atoms in total. The predicted molar refractivity (Wildman–Crippen MR) is 114 cm³/mol. The van der Waals surface area contributed by atoms with Gasteiger partial charge in [0.05, 0.1) is 21.3 Å². The molecule has 0 radical (unpaired) electrons. The molecular weight excluding hydrogens is 432 g/mol. The summed E-state index contributed by atoms with van der Waals surface area (Å²) >= 11 is 6.14. The minimum absolute atomic E-state index is 0.00590. The zero-order valence-corrected chi connectivity index (χ0v) is 18.4. The van der Waals surface area contributed by atoms with Crippen molar-refractivity contribution in [2.24, 2.45) is 0 Å². The molecule has 30 heavy (non-hydrogen) atoms. The van der Waals surface area contributed by atoms with Gasteiger partial charge in [-0.3, -0.25) is 14.9 Å². The standard InChI is InChI=1S/C20H23ClN2O6S/c1-4-14(3)22(20(24)18-10-9-16(23(25)26)12-19(18)21)13-15-7-6-8-17(11-15)29-30(27,28)5-2/h6-12,14H,4-5,13H2,1-3H3. The summed E-state index contributed by atoms with van der Waals surface area (Å²) in [5, 5.41) is 10.9. The van der Waals surface area contributed by atoms with Crippen molar-refractivity contribution in [2.45, 2.75) is 39.8 Å². The SMILES string of the molecule is CCC(C)N(Cc1cccc(OS(=O)(=O)CC)c1)C(=O)c1ccc([N+](=O)[O-])cc1Cl. The highest BCUT2D eigenvalue weighted by molar-refractivity contribution is 7.87. The molecule has 10 heteroatoms. The second-order valence-corrected chi connectivity index (χ2v) is 8.96. The molecule has 0 aliphatic rings. The third-order valence-corrected chi connectivity index (χ3v) is 6.07. The van der Waals surface area contributed by atoms with Gasteiger partial charge in [-0.05, 0) is 44.0 Å². The third-order valence-electron chi connectivity index (χ3n) is 4.61. The second-order valence-electron chi connectivity index (χ2n) is 6.69. The molecule has 0 aliphatic heterocycles. The third kappa shape index (κ3) is 5.93. The Morgan fingerprint density at radius 3 is 2.50 bits per heavy atom. The van der Waals surface area contributed by atoms with Crippen molar-refractivity contribution in [1.82, 2.24) is 4.90 Å². The zero-order chi connectivity index (χ0) is 22.5. The predicted octanol–water partition coefficient (Wildman–Crippen LogP) is 4.42. The van der Waals surface area contributed by atoms with E-state index in [1.165, 1.54) is 25.1 Å². The Morgan fingerprint density at radius 2 is 1.93 bits per heavy atom. The number of hydrogen-bond donors (Lipinski definition) is 0. The maximum atomic E-state index is 13.2. The average Bonchev–Trinajstić information content (AvgIpc) is 2.70. The minimum atomic E-state index is -3.67. The monoisotopic (exact) mass is 454 g/mol. The summed E-state index contributed by atoms with van der Waals surface area (Å²) in [7, 11) is -3.67. The number of rotatable bonds is 9.